The van der Waals surface area contributed by atoms with E-state index in [1.807, 2.05) is 20.8 Å². The second-order valence-corrected chi connectivity index (χ2v) is 14.2. The summed E-state index contributed by atoms with van der Waals surface area (Å²) in [5.41, 5.74) is 7.20. The standard InChI is InChI=1S/C30H44N8O7S/c1-7-37-25-22(33-28(37)34-27(40)23-16-19(3)35-38(23)8-2)17-20(26(31)39)18-24(25)44-15-9-12-32-46(42,43)21-10-13-36(14-11-21)29(41)45-30(4,5)6/h16-18,21,32H,7-15H2,1-6H3,(H2,31,39)(H,33,34,40). The lowest BCUT2D eigenvalue weighted by Gasteiger charge is -2.33. The number of primary amides is 1. The van der Waals surface area contributed by atoms with Gasteiger partial charge in [-0.25, -0.2) is 22.9 Å². The van der Waals surface area contributed by atoms with Crippen molar-refractivity contribution in [3.8, 4) is 5.75 Å². The van der Waals surface area contributed by atoms with E-state index in [1.165, 1.54) is 17.0 Å². The van der Waals surface area contributed by atoms with Gasteiger partial charge in [0.25, 0.3) is 5.91 Å². The lowest BCUT2D eigenvalue weighted by Crippen LogP contribution is -2.47. The van der Waals surface area contributed by atoms with Gasteiger partial charge in [-0.05, 0) is 79.0 Å². The van der Waals surface area contributed by atoms with Crippen molar-refractivity contribution >= 4 is 44.9 Å². The smallest absolute Gasteiger partial charge is 0.410 e. The molecule has 252 valence electrons. The third kappa shape index (κ3) is 8.15. The van der Waals surface area contributed by atoms with Crippen molar-refractivity contribution in [1.82, 2.24) is 29.0 Å². The minimum atomic E-state index is -3.62. The van der Waals surface area contributed by atoms with E-state index in [-0.39, 0.29) is 30.6 Å². The number of imidazole rings is 1. The predicted octanol–water partition coefficient (Wildman–Crippen LogP) is 3.02. The number of rotatable bonds is 12. The number of aryl methyl sites for hydroxylation is 3. The first-order valence-electron chi connectivity index (χ1n) is 15.4. The number of hydrogen-bond donors (Lipinski definition) is 3. The van der Waals surface area contributed by atoms with Crippen LogP contribution in [0.5, 0.6) is 5.75 Å². The number of ether oxygens (including phenoxy) is 2. The number of carbonyl (C=O) groups is 3. The Morgan fingerprint density at radius 3 is 2.39 bits per heavy atom. The number of nitrogens with two attached hydrogens (primary N) is 1. The number of anilines is 1. The van der Waals surface area contributed by atoms with Crippen molar-refractivity contribution in [2.24, 2.45) is 5.73 Å². The number of nitrogens with one attached hydrogen (secondary N) is 2. The van der Waals surface area contributed by atoms with Crippen LogP contribution in [-0.2, 0) is 27.8 Å². The van der Waals surface area contributed by atoms with Crippen LogP contribution in [0, 0.1) is 6.92 Å². The van der Waals surface area contributed by atoms with Crippen LogP contribution in [-0.4, -0.2) is 87.6 Å². The Labute approximate surface area is 268 Å². The van der Waals surface area contributed by atoms with Crippen LogP contribution >= 0.6 is 0 Å². The van der Waals surface area contributed by atoms with E-state index in [2.05, 4.69) is 20.1 Å². The van der Waals surface area contributed by atoms with E-state index < -0.39 is 32.9 Å². The van der Waals surface area contributed by atoms with Crippen molar-refractivity contribution in [1.29, 1.82) is 0 Å². The SMILES string of the molecule is CCn1nc(C)cc1C(=O)Nc1nc2cc(C(N)=O)cc(OCCCNS(=O)(=O)C3CCN(C(=O)OC(C)(C)C)CC3)c2n1CC. The molecule has 46 heavy (non-hydrogen) atoms. The first kappa shape index (κ1) is 34.7. The first-order chi connectivity index (χ1) is 21.6. The monoisotopic (exact) mass is 660 g/mol. The van der Waals surface area contributed by atoms with Gasteiger partial charge < -0.3 is 24.7 Å². The number of fused-ring (bicyclic) bond motifs is 1. The van der Waals surface area contributed by atoms with Gasteiger partial charge in [0, 0.05) is 38.3 Å². The molecular formula is C30H44N8O7S. The normalized spacial score (nSPS) is 14.4. The molecule has 4 N–H and O–H groups in total. The number of sulfonamides is 1. The summed E-state index contributed by atoms with van der Waals surface area (Å²) < 4.78 is 43.3. The number of piperidine rings is 1. The molecule has 0 atom stereocenters. The summed E-state index contributed by atoms with van der Waals surface area (Å²) in [6.45, 7) is 12.7. The Bertz CT molecular complexity index is 1700. The van der Waals surface area contributed by atoms with E-state index >= 15 is 0 Å². The minimum absolute atomic E-state index is 0.127. The summed E-state index contributed by atoms with van der Waals surface area (Å²) in [7, 11) is -3.62. The molecule has 3 amide bonds. The molecule has 1 saturated heterocycles. The number of benzene rings is 1. The predicted molar refractivity (Wildman–Crippen MR) is 172 cm³/mol. The van der Waals surface area contributed by atoms with Crippen LogP contribution in [0.3, 0.4) is 0 Å². The molecule has 0 radical (unpaired) electrons. The van der Waals surface area contributed by atoms with Gasteiger partial charge >= 0.3 is 6.09 Å². The van der Waals surface area contributed by atoms with Crippen molar-refractivity contribution in [2.45, 2.75) is 84.7 Å². The van der Waals surface area contributed by atoms with Gasteiger partial charge in [-0.3, -0.25) is 19.6 Å². The molecule has 0 bridgehead atoms. The maximum absolute atomic E-state index is 13.1. The summed E-state index contributed by atoms with van der Waals surface area (Å²) in [4.78, 5) is 43.6. The number of nitrogens with zero attached hydrogens (tertiary/aromatic N) is 5. The Kier molecular flexibility index (Phi) is 10.6. The van der Waals surface area contributed by atoms with E-state index in [4.69, 9.17) is 15.2 Å². The lowest BCUT2D eigenvalue weighted by molar-refractivity contribution is 0.0217. The fourth-order valence-electron chi connectivity index (χ4n) is 5.28. The molecule has 1 aliphatic heterocycles. The van der Waals surface area contributed by atoms with Crippen molar-refractivity contribution in [3.05, 3.63) is 35.2 Å². The molecular weight excluding hydrogens is 616 g/mol. The van der Waals surface area contributed by atoms with Crippen LogP contribution < -0.4 is 20.5 Å². The Balaban J connectivity index is 1.40. The molecule has 16 heteroatoms. The fraction of sp³-hybridized carbons (Fsp3) is 0.567. The largest absolute Gasteiger partial charge is 0.491 e. The summed E-state index contributed by atoms with van der Waals surface area (Å²) >= 11 is 0. The first-order valence-corrected chi connectivity index (χ1v) is 17.0. The summed E-state index contributed by atoms with van der Waals surface area (Å²) in [5.74, 6) is -0.460. The molecule has 2 aromatic heterocycles. The number of amides is 3. The Morgan fingerprint density at radius 1 is 1.09 bits per heavy atom. The van der Waals surface area contributed by atoms with Gasteiger partial charge in [0.15, 0.2) is 0 Å². The van der Waals surface area contributed by atoms with Crippen LogP contribution in [0.25, 0.3) is 11.0 Å². The highest BCUT2D eigenvalue weighted by Crippen LogP contribution is 2.31. The second kappa shape index (κ2) is 14.1. The zero-order valence-corrected chi connectivity index (χ0v) is 28.1. The van der Waals surface area contributed by atoms with E-state index in [9.17, 15) is 22.8 Å². The second-order valence-electron chi connectivity index (χ2n) is 12.1. The zero-order valence-electron chi connectivity index (χ0n) is 27.3. The number of carbonyl (C=O) groups excluding carboxylic acids is 3. The Morgan fingerprint density at radius 2 is 1.78 bits per heavy atom. The maximum atomic E-state index is 13.1. The van der Waals surface area contributed by atoms with Gasteiger partial charge in [0.2, 0.25) is 21.9 Å². The highest BCUT2D eigenvalue weighted by molar-refractivity contribution is 7.90. The maximum Gasteiger partial charge on any atom is 0.410 e. The third-order valence-electron chi connectivity index (χ3n) is 7.48. The molecule has 3 aromatic rings. The lowest BCUT2D eigenvalue weighted by atomic mass is 10.1. The molecule has 1 fully saturated rings. The summed E-state index contributed by atoms with van der Waals surface area (Å²) in [6.07, 6.45) is 0.510. The highest BCUT2D eigenvalue weighted by atomic mass is 32.2. The quantitative estimate of drug-likeness (QED) is 0.245. The van der Waals surface area contributed by atoms with E-state index in [1.54, 1.807) is 36.1 Å². The summed E-state index contributed by atoms with van der Waals surface area (Å²) in [6, 6.07) is 4.75. The van der Waals surface area contributed by atoms with Gasteiger partial charge in [0.05, 0.1) is 23.1 Å². The molecule has 4 rings (SSSR count). The number of hydrogen-bond acceptors (Lipinski definition) is 9. The van der Waals surface area contributed by atoms with E-state index in [0.29, 0.717) is 73.6 Å². The van der Waals surface area contributed by atoms with Gasteiger partial charge in [-0.15, -0.1) is 0 Å². The zero-order chi connectivity index (χ0) is 33.8. The van der Waals surface area contributed by atoms with Crippen LogP contribution in [0.15, 0.2) is 18.2 Å². The number of likely N-dealkylation sites (tertiary alicyclic amines) is 1. The number of aromatic nitrogens is 4. The highest BCUT2D eigenvalue weighted by Gasteiger charge is 2.33. The van der Waals surface area contributed by atoms with E-state index in [0.717, 1.165) is 0 Å². The molecule has 0 aliphatic carbocycles. The molecule has 1 aliphatic rings. The van der Waals surface area contributed by atoms with Crippen LogP contribution in [0.1, 0.15) is 80.4 Å². The fourth-order valence-corrected chi connectivity index (χ4v) is 6.78. The molecule has 0 unspecified atom stereocenters. The van der Waals surface area contributed by atoms with Crippen molar-refractivity contribution in [2.75, 3.05) is 31.6 Å². The molecule has 15 nitrogen and oxygen atoms in total. The Hall–Kier alpha value is -4.18. The molecule has 3 heterocycles. The van der Waals surface area contributed by atoms with Gasteiger partial charge in [0.1, 0.15) is 22.6 Å². The average Bonchev–Trinajstić information content (AvgIpc) is 3.55. The topological polar surface area (TPSA) is 193 Å². The minimum Gasteiger partial charge on any atom is -0.491 e. The summed E-state index contributed by atoms with van der Waals surface area (Å²) in [5, 5.41) is 6.56. The molecule has 0 spiro atoms. The average molecular weight is 661 g/mol. The van der Waals surface area contributed by atoms with Gasteiger partial charge in [-0.1, -0.05) is 0 Å². The molecule has 0 saturated carbocycles. The van der Waals surface area contributed by atoms with Crippen molar-refractivity contribution < 1.29 is 32.3 Å². The third-order valence-corrected chi connectivity index (χ3v) is 9.44. The molecule has 1 aromatic carbocycles. The van der Waals surface area contributed by atoms with Gasteiger partial charge in [-0.2, -0.15) is 5.10 Å². The van der Waals surface area contributed by atoms with Crippen LogP contribution in [0.4, 0.5) is 10.7 Å². The van der Waals surface area contributed by atoms with Crippen molar-refractivity contribution in [3.63, 3.8) is 0 Å². The van der Waals surface area contributed by atoms with Crippen LogP contribution in [0.2, 0.25) is 0 Å².